The molecule has 2 aliphatic rings. The molecule has 1 atom stereocenters. The first-order chi connectivity index (χ1) is 8.57. The highest BCUT2D eigenvalue weighted by molar-refractivity contribution is 5.84. The van der Waals surface area contributed by atoms with Crippen LogP contribution >= 0.6 is 0 Å². The molecule has 1 saturated heterocycles. The topological polar surface area (TPSA) is 46.6 Å². The Hall–Kier alpha value is -1.06. The maximum atomic E-state index is 12.6. The van der Waals surface area contributed by atoms with Crippen molar-refractivity contribution >= 4 is 11.9 Å². The Morgan fingerprint density at radius 2 is 1.89 bits per heavy atom. The number of hydrogen-bond acceptors (Lipinski definition) is 3. The Balaban J connectivity index is 1.96. The summed E-state index contributed by atoms with van der Waals surface area (Å²) < 4.78 is 4.76. The van der Waals surface area contributed by atoms with Crippen molar-refractivity contribution in [1.82, 2.24) is 4.90 Å². The van der Waals surface area contributed by atoms with Crippen molar-refractivity contribution in [3.63, 3.8) is 0 Å². The summed E-state index contributed by atoms with van der Waals surface area (Å²) in [6, 6.07) is 0. The fourth-order valence-electron chi connectivity index (χ4n) is 3.23. The Morgan fingerprint density at radius 3 is 2.50 bits per heavy atom. The number of esters is 1. The van der Waals surface area contributed by atoms with Crippen LogP contribution in [0.4, 0.5) is 0 Å². The lowest BCUT2D eigenvalue weighted by Crippen LogP contribution is -2.42. The van der Waals surface area contributed by atoms with Crippen molar-refractivity contribution in [2.75, 3.05) is 20.2 Å². The maximum absolute atomic E-state index is 12.6. The molecular weight excluding hydrogens is 230 g/mol. The molecule has 0 spiro atoms. The number of amides is 1. The SMILES string of the molecule is COC(=O)C1CCN(C(=O)C2(C)CCCCC2)C1. The molecule has 4 heteroatoms. The van der Waals surface area contributed by atoms with Crippen molar-refractivity contribution < 1.29 is 14.3 Å². The zero-order valence-corrected chi connectivity index (χ0v) is 11.4. The zero-order chi connectivity index (χ0) is 13.2. The first-order valence-electron chi connectivity index (χ1n) is 6.94. The molecule has 1 amide bonds. The van der Waals surface area contributed by atoms with Gasteiger partial charge in [0, 0.05) is 18.5 Å². The highest BCUT2D eigenvalue weighted by Gasteiger charge is 2.41. The second-order valence-electron chi connectivity index (χ2n) is 5.88. The van der Waals surface area contributed by atoms with Gasteiger partial charge in [-0.25, -0.2) is 0 Å². The van der Waals surface area contributed by atoms with E-state index in [2.05, 4.69) is 6.92 Å². The van der Waals surface area contributed by atoms with E-state index in [1.807, 2.05) is 4.90 Å². The standard InChI is InChI=1S/C14H23NO3/c1-14(7-4-3-5-8-14)13(17)15-9-6-11(10-15)12(16)18-2/h11H,3-10H2,1-2H3. The number of nitrogens with zero attached hydrogens (tertiary/aromatic N) is 1. The van der Waals surface area contributed by atoms with E-state index in [9.17, 15) is 9.59 Å². The van der Waals surface area contributed by atoms with Crippen LogP contribution in [0.2, 0.25) is 0 Å². The number of methoxy groups -OCH3 is 1. The fraction of sp³-hybridized carbons (Fsp3) is 0.857. The maximum Gasteiger partial charge on any atom is 0.310 e. The Kier molecular flexibility index (Phi) is 3.93. The van der Waals surface area contributed by atoms with E-state index < -0.39 is 0 Å². The molecule has 2 rings (SSSR count). The van der Waals surface area contributed by atoms with E-state index in [1.165, 1.54) is 13.5 Å². The van der Waals surface area contributed by atoms with Gasteiger partial charge in [0.05, 0.1) is 13.0 Å². The van der Waals surface area contributed by atoms with E-state index in [4.69, 9.17) is 4.74 Å². The fourth-order valence-corrected chi connectivity index (χ4v) is 3.23. The average molecular weight is 253 g/mol. The van der Waals surface area contributed by atoms with Crippen LogP contribution < -0.4 is 0 Å². The van der Waals surface area contributed by atoms with E-state index in [-0.39, 0.29) is 23.2 Å². The third-order valence-electron chi connectivity index (χ3n) is 4.48. The minimum Gasteiger partial charge on any atom is -0.469 e. The Labute approximate surface area is 109 Å². The van der Waals surface area contributed by atoms with Gasteiger partial charge in [0.1, 0.15) is 0 Å². The first-order valence-corrected chi connectivity index (χ1v) is 6.94. The molecule has 1 aliphatic heterocycles. The van der Waals surface area contributed by atoms with Crippen molar-refractivity contribution in [3.05, 3.63) is 0 Å². The van der Waals surface area contributed by atoms with Crippen LogP contribution in [0.5, 0.6) is 0 Å². The van der Waals surface area contributed by atoms with Crippen LogP contribution in [-0.4, -0.2) is 37.0 Å². The Morgan fingerprint density at radius 1 is 1.22 bits per heavy atom. The van der Waals surface area contributed by atoms with Gasteiger partial charge in [0.2, 0.25) is 5.91 Å². The summed E-state index contributed by atoms with van der Waals surface area (Å²) in [5.41, 5.74) is -0.191. The predicted molar refractivity (Wildman–Crippen MR) is 67.9 cm³/mol. The molecular formula is C14H23NO3. The van der Waals surface area contributed by atoms with Crippen LogP contribution in [0, 0.1) is 11.3 Å². The van der Waals surface area contributed by atoms with Gasteiger partial charge in [-0.1, -0.05) is 26.2 Å². The summed E-state index contributed by atoms with van der Waals surface area (Å²) in [6.45, 7) is 3.33. The summed E-state index contributed by atoms with van der Waals surface area (Å²) in [5.74, 6) is -0.0566. The summed E-state index contributed by atoms with van der Waals surface area (Å²) in [6.07, 6.45) is 6.27. The highest BCUT2D eigenvalue weighted by atomic mass is 16.5. The molecule has 0 aromatic heterocycles. The zero-order valence-electron chi connectivity index (χ0n) is 11.4. The van der Waals surface area contributed by atoms with Gasteiger partial charge in [-0.2, -0.15) is 0 Å². The Bertz CT molecular complexity index is 334. The van der Waals surface area contributed by atoms with Crippen molar-refractivity contribution in [2.24, 2.45) is 11.3 Å². The van der Waals surface area contributed by atoms with Crippen LogP contribution in [0.15, 0.2) is 0 Å². The summed E-state index contributed by atoms with van der Waals surface area (Å²) in [7, 11) is 1.41. The predicted octanol–water partition coefficient (Wildman–Crippen LogP) is 1.98. The minimum atomic E-state index is -0.191. The van der Waals surface area contributed by atoms with Gasteiger partial charge < -0.3 is 9.64 Å². The molecule has 1 unspecified atom stereocenters. The largest absolute Gasteiger partial charge is 0.469 e. The molecule has 2 fully saturated rings. The van der Waals surface area contributed by atoms with Gasteiger partial charge >= 0.3 is 5.97 Å². The minimum absolute atomic E-state index is 0.119. The molecule has 18 heavy (non-hydrogen) atoms. The van der Waals surface area contributed by atoms with E-state index in [0.29, 0.717) is 13.1 Å². The average Bonchev–Trinajstić information content (AvgIpc) is 2.87. The summed E-state index contributed by atoms with van der Waals surface area (Å²) in [4.78, 5) is 25.9. The normalized spacial score (nSPS) is 27.0. The number of rotatable bonds is 2. The first kappa shape index (κ1) is 13.4. The number of ether oxygens (including phenoxy) is 1. The van der Waals surface area contributed by atoms with Crippen molar-refractivity contribution in [1.29, 1.82) is 0 Å². The molecule has 0 radical (unpaired) electrons. The molecule has 102 valence electrons. The van der Waals surface area contributed by atoms with Gasteiger partial charge in [-0.15, -0.1) is 0 Å². The van der Waals surface area contributed by atoms with Crippen molar-refractivity contribution in [3.8, 4) is 0 Å². The second-order valence-corrected chi connectivity index (χ2v) is 5.88. The van der Waals surface area contributed by atoms with Crippen LogP contribution in [0.25, 0.3) is 0 Å². The van der Waals surface area contributed by atoms with E-state index >= 15 is 0 Å². The highest BCUT2D eigenvalue weighted by Crippen LogP contribution is 2.38. The summed E-state index contributed by atoms with van der Waals surface area (Å²) >= 11 is 0. The molecule has 0 aromatic carbocycles. The lowest BCUT2D eigenvalue weighted by atomic mass is 9.74. The summed E-state index contributed by atoms with van der Waals surface area (Å²) in [5, 5.41) is 0. The van der Waals surface area contributed by atoms with Gasteiger partial charge in [-0.3, -0.25) is 9.59 Å². The number of hydrogen-bond donors (Lipinski definition) is 0. The molecule has 1 aliphatic carbocycles. The molecule has 0 N–H and O–H groups in total. The van der Waals surface area contributed by atoms with Gasteiger partial charge in [0.25, 0.3) is 0 Å². The van der Waals surface area contributed by atoms with Crippen LogP contribution in [0.3, 0.4) is 0 Å². The van der Waals surface area contributed by atoms with Gasteiger partial charge in [0.15, 0.2) is 0 Å². The number of carbonyl (C=O) groups excluding carboxylic acids is 2. The number of carbonyl (C=O) groups is 2. The van der Waals surface area contributed by atoms with E-state index in [1.54, 1.807) is 0 Å². The molecule has 1 saturated carbocycles. The van der Waals surface area contributed by atoms with Crippen LogP contribution in [-0.2, 0) is 14.3 Å². The van der Waals surface area contributed by atoms with Gasteiger partial charge in [-0.05, 0) is 19.3 Å². The third kappa shape index (κ3) is 2.52. The number of likely N-dealkylation sites (tertiary alicyclic amines) is 1. The van der Waals surface area contributed by atoms with E-state index in [0.717, 1.165) is 32.1 Å². The quantitative estimate of drug-likeness (QED) is 0.707. The lowest BCUT2D eigenvalue weighted by Gasteiger charge is -2.35. The molecule has 0 aromatic rings. The lowest BCUT2D eigenvalue weighted by molar-refractivity contribution is -0.146. The monoisotopic (exact) mass is 253 g/mol. The van der Waals surface area contributed by atoms with Crippen molar-refractivity contribution in [2.45, 2.75) is 45.4 Å². The molecule has 0 bridgehead atoms. The molecule has 1 heterocycles. The van der Waals surface area contributed by atoms with Crippen LogP contribution in [0.1, 0.15) is 45.4 Å². The second kappa shape index (κ2) is 5.29. The molecule has 4 nitrogen and oxygen atoms in total. The smallest absolute Gasteiger partial charge is 0.310 e. The third-order valence-corrected chi connectivity index (χ3v) is 4.48.